The average molecular weight is 314 g/mol. The van der Waals surface area contributed by atoms with Crippen LogP contribution in [0.5, 0.6) is 0 Å². The molecule has 1 N–H and O–H groups in total. The Morgan fingerprint density at radius 1 is 1.12 bits per heavy atom. The van der Waals surface area contributed by atoms with E-state index in [1.54, 1.807) is 0 Å². The molecule has 3 nitrogen and oxygen atoms in total. The zero-order valence-electron chi connectivity index (χ0n) is 10.9. The van der Waals surface area contributed by atoms with E-state index in [9.17, 15) is 8.42 Å². The summed E-state index contributed by atoms with van der Waals surface area (Å²) in [5.74, 6) is 0.203. The molecule has 16 heavy (non-hydrogen) atoms. The van der Waals surface area contributed by atoms with Gasteiger partial charge in [-0.25, -0.2) is 13.1 Å². The van der Waals surface area contributed by atoms with Gasteiger partial charge in [0.2, 0.25) is 10.0 Å². The van der Waals surface area contributed by atoms with Crippen molar-refractivity contribution in [2.45, 2.75) is 41.0 Å². The molecule has 0 saturated carbocycles. The summed E-state index contributed by atoms with van der Waals surface area (Å²) in [5.41, 5.74) is 0.00843. The summed E-state index contributed by atoms with van der Waals surface area (Å²) >= 11 is 3.37. The Morgan fingerprint density at radius 2 is 1.62 bits per heavy atom. The van der Waals surface area contributed by atoms with Gasteiger partial charge in [-0.15, -0.1) is 0 Å². The minimum Gasteiger partial charge on any atom is -0.215 e. The Bertz CT molecular complexity index is 304. The molecule has 0 spiro atoms. The molecule has 0 bridgehead atoms. The van der Waals surface area contributed by atoms with E-state index in [0.717, 1.165) is 5.33 Å². The lowest BCUT2D eigenvalue weighted by atomic mass is 9.94. The third-order valence-corrected chi connectivity index (χ3v) is 5.10. The van der Waals surface area contributed by atoms with Gasteiger partial charge >= 0.3 is 0 Å². The van der Waals surface area contributed by atoms with E-state index in [2.05, 4.69) is 20.7 Å². The predicted molar refractivity (Wildman–Crippen MR) is 73.4 cm³/mol. The van der Waals surface area contributed by atoms with Gasteiger partial charge in [0.05, 0.1) is 5.75 Å². The smallest absolute Gasteiger partial charge is 0.211 e. The number of halogens is 1. The van der Waals surface area contributed by atoms with E-state index in [1.807, 2.05) is 34.6 Å². The lowest BCUT2D eigenvalue weighted by Crippen LogP contribution is -2.36. The number of hydrogen-bond acceptors (Lipinski definition) is 2. The quantitative estimate of drug-likeness (QED) is 0.766. The maximum absolute atomic E-state index is 11.7. The Hall–Kier alpha value is 0.390. The van der Waals surface area contributed by atoms with E-state index < -0.39 is 10.0 Å². The largest absolute Gasteiger partial charge is 0.215 e. The fourth-order valence-corrected chi connectivity index (χ4v) is 2.70. The maximum atomic E-state index is 11.7. The van der Waals surface area contributed by atoms with Crippen LogP contribution in [0.1, 0.15) is 41.0 Å². The third kappa shape index (κ3) is 8.53. The van der Waals surface area contributed by atoms with Crippen molar-refractivity contribution in [3.63, 3.8) is 0 Å². The first-order valence-electron chi connectivity index (χ1n) is 5.51. The molecule has 0 fully saturated rings. The molecule has 5 heteroatoms. The van der Waals surface area contributed by atoms with E-state index in [-0.39, 0.29) is 16.6 Å². The molecule has 0 heterocycles. The highest BCUT2D eigenvalue weighted by atomic mass is 79.9. The van der Waals surface area contributed by atoms with Crippen LogP contribution in [-0.2, 0) is 10.0 Å². The highest BCUT2D eigenvalue weighted by Crippen LogP contribution is 2.20. The number of rotatable bonds is 6. The third-order valence-electron chi connectivity index (χ3n) is 2.25. The molecule has 0 atom stereocenters. The van der Waals surface area contributed by atoms with Crippen LogP contribution in [0, 0.1) is 10.8 Å². The van der Waals surface area contributed by atoms with Gasteiger partial charge in [0.25, 0.3) is 0 Å². The minimum atomic E-state index is -3.13. The van der Waals surface area contributed by atoms with Gasteiger partial charge in [0, 0.05) is 11.9 Å². The number of sulfonamides is 1. The van der Waals surface area contributed by atoms with Gasteiger partial charge in [-0.1, -0.05) is 50.5 Å². The van der Waals surface area contributed by atoms with Crippen LogP contribution >= 0.6 is 15.9 Å². The van der Waals surface area contributed by atoms with Crippen molar-refractivity contribution < 1.29 is 8.42 Å². The van der Waals surface area contributed by atoms with Gasteiger partial charge < -0.3 is 0 Å². The number of nitrogens with one attached hydrogen (secondary N) is 1. The molecule has 0 aromatic heterocycles. The van der Waals surface area contributed by atoms with Crippen molar-refractivity contribution in [2.24, 2.45) is 10.8 Å². The first-order valence-corrected chi connectivity index (χ1v) is 8.28. The first-order chi connectivity index (χ1) is 6.97. The lowest BCUT2D eigenvalue weighted by Gasteiger charge is -2.23. The second kappa shape index (κ2) is 5.83. The first kappa shape index (κ1) is 16.4. The fraction of sp³-hybridized carbons (Fsp3) is 1.00. The highest BCUT2D eigenvalue weighted by molar-refractivity contribution is 9.09. The van der Waals surface area contributed by atoms with Crippen molar-refractivity contribution in [1.29, 1.82) is 0 Å². The van der Waals surface area contributed by atoms with E-state index in [4.69, 9.17) is 0 Å². The molecule has 0 saturated heterocycles. The summed E-state index contributed by atoms with van der Waals surface area (Å²) in [5, 5.41) is 0.780. The second-order valence-corrected chi connectivity index (χ2v) is 8.74. The predicted octanol–water partition coefficient (Wildman–Crippen LogP) is 2.76. The van der Waals surface area contributed by atoms with Crippen LogP contribution in [0.15, 0.2) is 0 Å². The second-order valence-electron chi connectivity index (χ2n) is 6.25. The van der Waals surface area contributed by atoms with Gasteiger partial charge in [-0.2, -0.15) is 0 Å². The number of hydrogen-bond donors (Lipinski definition) is 1. The minimum absolute atomic E-state index is 0.0468. The summed E-state index contributed by atoms with van der Waals surface area (Å²) < 4.78 is 26.1. The van der Waals surface area contributed by atoms with Crippen LogP contribution in [-0.4, -0.2) is 26.0 Å². The molecule has 0 aliphatic heterocycles. The molecule has 0 aromatic carbocycles. The summed E-state index contributed by atoms with van der Waals surface area (Å²) in [6.45, 7) is 10.7. The summed E-state index contributed by atoms with van der Waals surface area (Å²) in [4.78, 5) is 0. The van der Waals surface area contributed by atoms with Gasteiger partial charge in [-0.3, -0.25) is 0 Å². The summed E-state index contributed by atoms with van der Waals surface area (Å²) in [7, 11) is -3.13. The molecule has 0 aromatic rings. The van der Waals surface area contributed by atoms with Crippen molar-refractivity contribution in [2.75, 3.05) is 17.6 Å². The molecule has 0 aliphatic carbocycles. The molecule has 0 radical (unpaired) electrons. The lowest BCUT2D eigenvalue weighted by molar-refractivity contribution is 0.392. The topological polar surface area (TPSA) is 46.2 Å². The monoisotopic (exact) mass is 313 g/mol. The molecule has 0 unspecified atom stereocenters. The normalized spacial score (nSPS) is 14.1. The maximum Gasteiger partial charge on any atom is 0.211 e. The Balaban J connectivity index is 4.18. The molecule has 0 aliphatic rings. The van der Waals surface area contributed by atoms with Crippen molar-refractivity contribution >= 4 is 26.0 Å². The van der Waals surface area contributed by atoms with Gasteiger partial charge in [0.15, 0.2) is 0 Å². The van der Waals surface area contributed by atoms with Gasteiger partial charge in [0.1, 0.15) is 0 Å². The Morgan fingerprint density at radius 3 is 2.00 bits per heavy atom. The van der Waals surface area contributed by atoms with E-state index in [0.29, 0.717) is 13.0 Å². The van der Waals surface area contributed by atoms with Crippen molar-refractivity contribution in [3.05, 3.63) is 0 Å². The zero-order valence-corrected chi connectivity index (χ0v) is 13.3. The Labute approximate surface area is 109 Å². The molecule has 0 amide bonds. The van der Waals surface area contributed by atoms with Crippen molar-refractivity contribution in [1.82, 2.24) is 4.72 Å². The highest BCUT2D eigenvalue weighted by Gasteiger charge is 2.21. The Kier molecular flexibility index (Phi) is 5.97. The van der Waals surface area contributed by atoms with Crippen LogP contribution < -0.4 is 4.72 Å². The fourth-order valence-electron chi connectivity index (χ4n) is 0.865. The van der Waals surface area contributed by atoms with E-state index >= 15 is 0 Å². The van der Waals surface area contributed by atoms with Gasteiger partial charge in [-0.05, 0) is 17.3 Å². The zero-order chi connectivity index (χ0) is 13.0. The van der Waals surface area contributed by atoms with Crippen LogP contribution in [0.4, 0.5) is 0 Å². The molecule has 0 rings (SSSR count). The standard InChI is InChI=1S/C11H24BrNO2S/c1-10(2,3)6-7-16(14,15)13-9-11(4,5)8-12/h13H,6-9H2,1-5H3. The molecular formula is C11H24BrNO2S. The van der Waals surface area contributed by atoms with E-state index in [1.165, 1.54) is 0 Å². The summed E-state index contributed by atoms with van der Waals surface area (Å²) in [6, 6.07) is 0. The van der Waals surface area contributed by atoms with Crippen molar-refractivity contribution in [3.8, 4) is 0 Å². The van der Waals surface area contributed by atoms with Crippen LogP contribution in [0.2, 0.25) is 0 Å². The van der Waals surface area contributed by atoms with Crippen LogP contribution in [0.25, 0.3) is 0 Å². The molecule has 98 valence electrons. The SMILES string of the molecule is CC(C)(C)CCS(=O)(=O)NCC(C)(C)CBr. The number of alkyl halides is 1. The average Bonchev–Trinajstić information content (AvgIpc) is 2.12. The van der Waals surface area contributed by atoms with Crippen LogP contribution in [0.3, 0.4) is 0 Å². The summed E-state index contributed by atoms with van der Waals surface area (Å²) in [6.07, 6.45) is 0.678. The molecular weight excluding hydrogens is 290 g/mol.